The van der Waals surface area contributed by atoms with Crippen LogP contribution in [0.3, 0.4) is 0 Å². The van der Waals surface area contributed by atoms with E-state index < -0.39 is 0 Å². The summed E-state index contributed by atoms with van der Waals surface area (Å²) in [6, 6.07) is 8.00. The summed E-state index contributed by atoms with van der Waals surface area (Å²) in [4.78, 5) is 11.9. The van der Waals surface area contributed by atoms with Crippen LogP contribution in [-0.2, 0) is 0 Å². The van der Waals surface area contributed by atoms with Gasteiger partial charge in [0, 0.05) is 5.56 Å². The minimum atomic E-state index is 0.112. The van der Waals surface area contributed by atoms with Gasteiger partial charge in [-0.1, -0.05) is 30.5 Å². The molecule has 0 atom stereocenters. The van der Waals surface area contributed by atoms with Gasteiger partial charge in [-0.15, -0.1) is 6.42 Å². The lowest BCUT2D eigenvalue weighted by atomic mass is 9.79. The first-order chi connectivity index (χ1) is 8.31. The highest BCUT2D eigenvalue weighted by Gasteiger charge is 2.20. The maximum absolute atomic E-state index is 11.9. The van der Waals surface area contributed by atoms with Crippen LogP contribution in [-0.4, -0.2) is 18.9 Å². The van der Waals surface area contributed by atoms with Crippen LogP contribution >= 0.6 is 0 Å². The minimum Gasteiger partial charge on any atom is -0.299 e. The van der Waals surface area contributed by atoms with Crippen molar-refractivity contribution >= 4 is 5.78 Å². The number of Topliss-reactive ketones (excluding diaryl/α,β-unsaturated/α-hetero) is 1. The molecule has 0 heterocycles. The summed E-state index contributed by atoms with van der Waals surface area (Å²) < 4.78 is 0. The SMILES string of the molecule is C#CCNCC(=O)c1cccc(C2CCC2)c1. The molecule has 1 aromatic carbocycles. The number of hydrogen-bond acceptors (Lipinski definition) is 2. The van der Waals surface area contributed by atoms with Gasteiger partial charge in [0.25, 0.3) is 0 Å². The van der Waals surface area contributed by atoms with Crippen LogP contribution < -0.4 is 5.32 Å². The zero-order valence-electron chi connectivity index (χ0n) is 9.91. The van der Waals surface area contributed by atoms with Crippen molar-refractivity contribution in [1.29, 1.82) is 0 Å². The normalized spacial score (nSPS) is 15.0. The quantitative estimate of drug-likeness (QED) is 0.475. The lowest BCUT2D eigenvalue weighted by molar-refractivity contribution is 0.0992. The van der Waals surface area contributed by atoms with Crippen LogP contribution in [0.1, 0.15) is 41.1 Å². The molecular formula is C15H17NO. The van der Waals surface area contributed by atoms with E-state index in [1.165, 1.54) is 24.8 Å². The van der Waals surface area contributed by atoms with Gasteiger partial charge in [-0.05, 0) is 30.4 Å². The Morgan fingerprint density at radius 2 is 2.29 bits per heavy atom. The number of benzene rings is 1. The zero-order chi connectivity index (χ0) is 12.1. The van der Waals surface area contributed by atoms with E-state index in [1.807, 2.05) is 18.2 Å². The topological polar surface area (TPSA) is 29.1 Å². The van der Waals surface area contributed by atoms with Gasteiger partial charge >= 0.3 is 0 Å². The van der Waals surface area contributed by atoms with Gasteiger partial charge in [0.05, 0.1) is 13.1 Å². The molecule has 0 bridgehead atoms. The summed E-state index contributed by atoms with van der Waals surface area (Å²) in [5.41, 5.74) is 2.10. The van der Waals surface area contributed by atoms with Crippen LogP contribution in [0.4, 0.5) is 0 Å². The molecule has 1 saturated carbocycles. The van der Waals surface area contributed by atoms with E-state index in [2.05, 4.69) is 17.3 Å². The summed E-state index contributed by atoms with van der Waals surface area (Å²) in [6.45, 7) is 0.756. The van der Waals surface area contributed by atoms with Crippen LogP contribution in [0.15, 0.2) is 24.3 Å². The Balaban J connectivity index is 2.00. The van der Waals surface area contributed by atoms with E-state index in [4.69, 9.17) is 6.42 Å². The Morgan fingerprint density at radius 1 is 1.47 bits per heavy atom. The highest BCUT2D eigenvalue weighted by molar-refractivity contribution is 5.97. The molecule has 0 aliphatic heterocycles. The fourth-order valence-corrected chi connectivity index (χ4v) is 2.06. The van der Waals surface area contributed by atoms with E-state index >= 15 is 0 Å². The molecule has 17 heavy (non-hydrogen) atoms. The molecule has 2 nitrogen and oxygen atoms in total. The molecular weight excluding hydrogens is 210 g/mol. The number of terminal acetylenes is 1. The van der Waals surface area contributed by atoms with Crippen molar-refractivity contribution in [2.45, 2.75) is 25.2 Å². The lowest BCUT2D eigenvalue weighted by Gasteiger charge is -2.26. The van der Waals surface area contributed by atoms with Gasteiger partial charge in [-0.25, -0.2) is 0 Å². The Labute approximate surface area is 102 Å². The van der Waals surface area contributed by atoms with Gasteiger partial charge in [-0.3, -0.25) is 10.1 Å². The van der Waals surface area contributed by atoms with E-state index in [0.717, 1.165) is 5.56 Å². The third kappa shape index (κ3) is 2.95. The third-order valence-electron chi connectivity index (χ3n) is 3.30. The van der Waals surface area contributed by atoms with Crippen LogP contribution in [0, 0.1) is 12.3 Å². The Bertz CT molecular complexity index is 440. The average Bonchev–Trinajstić information content (AvgIpc) is 2.27. The number of nitrogens with one attached hydrogen (secondary N) is 1. The number of carbonyl (C=O) groups excluding carboxylic acids is 1. The molecule has 0 aromatic heterocycles. The van der Waals surface area contributed by atoms with E-state index in [9.17, 15) is 4.79 Å². The molecule has 2 rings (SSSR count). The maximum atomic E-state index is 11.9. The van der Waals surface area contributed by atoms with Crippen molar-refractivity contribution in [2.24, 2.45) is 0 Å². The summed E-state index contributed by atoms with van der Waals surface area (Å²) in [5, 5.41) is 2.92. The van der Waals surface area contributed by atoms with Gasteiger partial charge in [0.1, 0.15) is 0 Å². The summed E-state index contributed by atoms with van der Waals surface area (Å²) >= 11 is 0. The van der Waals surface area contributed by atoms with Crippen molar-refractivity contribution in [1.82, 2.24) is 5.32 Å². The highest BCUT2D eigenvalue weighted by Crippen LogP contribution is 2.36. The summed E-state index contributed by atoms with van der Waals surface area (Å²) in [6.07, 6.45) is 8.95. The number of rotatable bonds is 5. The van der Waals surface area contributed by atoms with Crippen LogP contribution in [0.25, 0.3) is 0 Å². The molecule has 1 aliphatic carbocycles. The Morgan fingerprint density at radius 3 is 2.94 bits per heavy atom. The molecule has 0 spiro atoms. The smallest absolute Gasteiger partial charge is 0.176 e. The van der Waals surface area contributed by atoms with E-state index in [1.54, 1.807) is 0 Å². The predicted octanol–water partition coefficient (Wildman–Crippen LogP) is 2.36. The molecule has 0 amide bonds. The van der Waals surface area contributed by atoms with E-state index in [-0.39, 0.29) is 5.78 Å². The number of carbonyl (C=O) groups is 1. The number of ketones is 1. The van der Waals surface area contributed by atoms with Crippen molar-refractivity contribution in [3.63, 3.8) is 0 Å². The Hall–Kier alpha value is -1.59. The second-order valence-electron chi connectivity index (χ2n) is 4.48. The first-order valence-corrected chi connectivity index (χ1v) is 6.08. The predicted molar refractivity (Wildman–Crippen MR) is 69.1 cm³/mol. The minimum absolute atomic E-state index is 0.112. The molecule has 0 saturated heterocycles. The Kier molecular flexibility index (Phi) is 3.95. The molecule has 88 valence electrons. The molecule has 2 heteroatoms. The van der Waals surface area contributed by atoms with Crippen molar-refractivity contribution in [3.8, 4) is 12.3 Å². The third-order valence-corrected chi connectivity index (χ3v) is 3.30. The largest absolute Gasteiger partial charge is 0.299 e. The fraction of sp³-hybridized carbons (Fsp3) is 0.400. The monoisotopic (exact) mass is 227 g/mol. The first kappa shape index (κ1) is 11.9. The molecule has 1 fully saturated rings. The fourth-order valence-electron chi connectivity index (χ4n) is 2.06. The van der Waals surface area contributed by atoms with Crippen molar-refractivity contribution in [2.75, 3.05) is 13.1 Å². The van der Waals surface area contributed by atoms with E-state index in [0.29, 0.717) is 19.0 Å². The van der Waals surface area contributed by atoms with Gasteiger partial charge in [-0.2, -0.15) is 0 Å². The second kappa shape index (κ2) is 5.65. The van der Waals surface area contributed by atoms with Gasteiger partial charge < -0.3 is 0 Å². The highest BCUT2D eigenvalue weighted by atomic mass is 16.1. The molecule has 0 unspecified atom stereocenters. The van der Waals surface area contributed by atoms with Crippen LogP contribution in [0.2, 0.25) is 0 Å². The summed E-state index contributed by atoms with van der Waals surface area (Å²) in [5.74, 6) is 3.24. The summed E-state index contributed by atoms with van der Waals surface area (Å²) in [7, 11) is 0. The molecule has 1 aromatic rings. The second-order valence-corrected chi connectivity index (χ2v) is 4.48. The van der Waals surface area contributed by atoms with Gasteiger partial charge in [0.15, 0.2) is 5.78 Å². The molecule has 1 aliphatic rings. The van der Waals surface area contributed by atoms with Crippen molar-refractivity contribution < 1.29 is 4.79 Å². The molecule has 1 N–H and O–H groups in total. The zero-order valence-corrected chi connectivity index (χ0v) is 9.91. The maximum Gasteiger partial charge on any atom is 0.176 e. The molecule has 0 radical (unpaired) electrons. The van der Waals surface area contributed by atoms with Gasteiger partial charge in [0.2, 0.25) is 0 Å². The van der Waals surface area contributed by atoms with Crippen LogP contribution in [0.5, 0.6) is 0 Å². The average molecular weight is 227 g/mol. The number of hydrogen-bond donors (Lipinski definition) is 1. The first-order valence-electron chi connectivity index (χ1n) is 6.08. The standard InChI is InChI=1S/C15H17NO/c1-2-9-16-11-15(17)14-8-4-7-13(10-14)12-5-3-6-12/h1,4,7-8,10,12,16H,3,5-6,9,11H2. The van der Waals surface area contributed by atoms with Crippen molar-refractivity contribution in [3.05, 3.63) is 35.4 Å². The lowest BCUT2D eigenvalue weighted by Crippen LogP contribution is -2.23.